The van der Waals surface area contributed by atoms with Gasteiger partial charge in [-0.2, -0.15) is 0 Å². The maximum Gasteiger partial charge on any atom is 2.00 e. The van der Waals surface area contributed by atoms with Gasteiger partial charge < -0.3 is 19.8 Å². The Morgan fingerprint density at radius 3 is 1.04 bits per heavy atom. The van der Waals surface area contributed by atoms with Crippen molar-refractivity contribution >= 4 is 35.8 Å². The number of carboxylic acids is 2. The van der Waals surface area contributed by atoms with E-state index in [9.17, 15) is 19.8 Å². The summed E-state index contributed by atoms with van der Waals surface area (Å²) in [4.78, 5) is 20.6. The molecular weight excluding hydrogens is 675 g/mol. The van der Waals surface area contributed by atoms with E-state index in [1.807, 2.05) is 12.1 Å². The van der Waals surface area contributed by atoms with E-state index in [1.165, 1.54) is 134 Å². The molecule has 0 saturated carbocycles. The van der Waals surface area contributed by atoms with Gasteiger partial charge in [0.2, 0.25) is 0 Å². The van der Waals surface area contributed by atoms with E-state index in [2.05, 4.69) is 41.5 Å². The van der Waals surface area contributed by atoms with Crippen LogP contribution in [0.3, 0.4) is 0 Å². The first-order chi connectivity index (χ1) is 21.8. The van der Waals surface area contributed by atoms with Gasteiger partial charge in [0.25, 0.3) is 0 Å². The van der Waals surface area contributed by atoms with Crippen LogP contribution < -0.4 is 10.2 Å². The summed E-state index contributed by atoms with van der Waals surface area (Å²) in [6, 6.07) is 6.82. The number of carbonyl (C=O) groups excluding carboxylic acids is 2. The number of carbonyl (C=O) groups is 2. The molecule has 266 valence electrons. The Bertz CT molecular complexity index is 697. The zero-order chi connectivity index (χ0) is 34.2. The molecule has 0 aliphatic rings. The van der Waals surface area contributed by atoms with Gasteiger partial charge in [0.1, 0.15) is 0 Å². The summed E-state index contributed by atoms with van der Waals surface area (Å²) in [7, 11) is 0. The Morgan fingerprint density at radius 2 is 0.804 bits per heavy atom. The fourth-order valence-electron chi connectivity index (χ4n) is 4.62. The van der Waals surface area contributed by atoms with Gasteiger partial charge in [-0.15, -0.1) is 0 Å². The molecule has 0 saturated heterocycles. The number of carboxylic acid groups (broad SMARTS) is 2. The van der Waals surface area contributed by atoms with Gasteiger partial charge in [-0.3, -0.25) is 0 Å². The number of rotatable bonds is 26. The molecule has 0 unspecified atom stereocenters. The Hall–Kier alpha value is -1.04. The number of aryl methyl sites for hydroxylation is 1. The molecule has 1 aromatic carbocycles. The zero-order valence-corrected chi connectivity index (χ0v) is 33.8. The number of unbranched alkanes of at least 4 members (excludes halogenated alkanes) is 21. The van der Waals surface area contributed by atoms with E-state index in [1.54, 1.807) is 12.1 Å². The fourth-order valence-corrected chi connectivity index (χ4v) is 4.62. The van der Waals surface area contributed by atoms with E-state index < -0.39 is 11.9 Å². The molecule has 1 aromatic rings. The van der Waals surface area contributed by atoms with Gasteiger partial charge in [-0.1, -0.05) is 220 Å². The van der Waals surface area contributed by atoms with Crippen molar-refractivity contribution in [1.82, 2.24) is 0 Å². The second kappa shape index (κ2) is 46.1. The molecule has 0 heterocycles. The van der Waals surface area contributed by atoms with Crippen LogP contribution in [0.15, 0.2) is 24.3 Å². The third-order valence-electron chi connectivity index (χ3n) is 7.67. The number of hydrogen-bond donors (Lipinski definition) is 0. The molecule has 4 nitrogen and oxygen atoms in total. The third-order valence-corrected chi connectivity index (χ3v) is 7.67. The Labute approximate surface area is 304 Å². The summed E-state index contributed by atoms with van der Waals surface area (Å²) in [6.07, 6.45) is 33.8. The van der Waals surface area contributed by atoms with Crippen LogP contribution in [0.2, 0.25) is 0 Å². The van der Waals surface area contributed by atoms with Gasteiger partial charge in [0.05, 0.1) is 5.97 Å². The van der Waals surface area contributed by atoms with E-state index in [0.29, 0.717) is 0 Å². The van der Waals surface area contributed by atoms with E-state index in [0.717, 1.165) is 38.5 Å². The minimum absolute atomic E-state index is 0. The molecule has 0 bridgehead atoms. The first kappa shape index (κ1) is 51.8. The van der Waals surface area contributed by atoms with Gasteiger partial charge >= 0.3 is 23.9 Å². The summed E-state index contributed by atoms with van der Waals surface area (Å²) in [5, 5.41) is 20.6. The Kier molecular flexibility index (Phi) is 51.9. The third kappa shape index (κ3) is 47.4. The molecule has 1 rings (SSSR count). The number of benzene rings is 1. The predicted molar refractivity (Wildman–Crippen MR) is 199 cm³/mol. The van der Waals surface area contributed by atoms with Gasteiger partial charge in [-0.05, 0) is 30.4 Å². The fraction of sp³-hybridized carbons (Fsp3) is 0.756. The summed E-state index contributed by atoms with van der Waals surface area (Å²) in [5.74, 6) is -2.01. The van der Waals surface area contributed by atoms with Crippen LogP contribution >= 0.6 is 0 Å². The number of aromatic carboxylic acids is 1. The first-order valence-corrected chi connectivity index (χ1v) is 18.9. The van der Waals surface area contributed by atoms with E-state index in [4.69, 9.17) is 0 Å². The molecule has 0 aliphatic carbocycles. The predicted octanol–water partition coefficient (Wildman–Crippen LogP) is 10.8. The largest absolute Gasteiger partial charge is 2.00 e. The van der Waals surface area contributed by atoms with Crippen molar-refractivity contribution in [3.05, 3.63) is 49.2 Å². The molecule has 5 heteroatoms. The van der Waals surface area contributed by atoms with Crippen LogP contribution in [0.1, 0.15) is 211 Å². The Balaban J connectivity index is -0.000000344. The molecule has 0 N–H and O–H groups in total. The molecule has 0 amide bonds. The van der Waals surface area contributed by atoms with Crippen LogP contribution in [0, 0.1) is 13.8 Å². The van der Waals surface area contributed by atoms with Gasteiger partial charge in [0, 0.05) is 5.97 Å². The smallest absolute Gasteiger partial charge is 0.550 e. The average Bonchev–Trinajstić information content (AvgIpc) is 3.04. The summed E-state index contributed by atoms with van der Waals surface area (Å²) < 4.78 is 0. The second-order valence-electron chi connectivity index (χ2n) is 12.3. The monoisotopic (exact) mass is 750 g/mol. The van der Waals surface area contributed by atoms with Crippen molar-refractivity contribution in [3.63, 3.8) is 0 Å². The summed E-state index contributed by atoms with van der Waals surface area (Å²) >= 11 is 0. The minimum Gasteiger partial charge on any atom is -0.550 e. The van der Waals surface area contributed by atoms with Crippen LogP contribution in [0.5, 0.6) is 0 Å². The SMILES string of the molecule is CCCCCCCCCCCCCCCCCCCCCCC(=O)[O-].CCCc1ccc(C(=O)[O-])cc1.[CH2]CCC.[CH2]CCC.[Sn+2]. The number of hydrogen-bond acceptors (Lipinski definition) is 4. The first-order valence-electron chi connectivity index (χ1n) is 18.9. The van der Waals surface area contributed by atoms with E-state index in [-0.39, 0.29) is 35.9 Å². The summed E-state index contributed by atoms with van der Waals surface area (Å²) in [6.45, 7) is 15.8. The molecular formula is C41H74O4Sn. The quantitative estimate of drug-likeness (QED) is 0.0698. The number of aliphatic carboxylic acids is 1. The maximum atomic E-state index is 10.4. The van der Waals surface area contributed by atoms with Crippen LogP contribution in [0.25, 0.3) is 0 Å². The standard InChI is InChI=1S/C23H46O2.C10H12O2.2C4H9.Sn/c1-2-3-4-5-6-7-8-9-10-11-12-13-14-15-16-17-18-19-20-21-22-23(24)25;1-2-3-8-4-6-9(7-5-8)10(11)12;2*1-3-4-2;/h2-22H2,1H3,(H,24,25);4-7H,2-3H2,1H3,(H,11,12);2*1,3-4H2,2H3;/q;;;;+2/p-2. The Morgan fingerprint density at radius 1 is 0.500 bits per heavy atom. The average molecular weight is 750 g/mol. The van der Waals surface area contributed by atoms with Crippen LogP contribution in [0.4, 0.5) is 0 Å². The molecule has 0 atom stereocenters. The zero-order valence-electron chi connectivity index (χ0n) is 30.9. The van der Waals surface area contributed by atoms with Crippen LogP contribution in [-0.2, 0) is 11.2 Å². The van der Waals surface area contributed by atoms with Crippen molar-refractivity contribution < 1.29 is 19.8 Å². The van der Waals surface area contributed by atoms with Gasteiger partial charge in [-0.25, -0.2) is 0 Å². The molecule has 4 radical (unpaired) electrons. The molecule has 0 aromatic heterocycles. The van der Waals surface area contributed by atoms with Crippen molar-refractivity contribution in [1.29, 1.82) is 0 Å². The van der Waals surface area contributed by atoms with Crippen molar-refractivity contribution in [2.75, 3.05) is 0 Å². The normalized spacial score (nSPS) is 9.87. The molecule has 0 aliphatic heterocycles. The second-order valence-corrected chi connectivity index (χ2v) is 12.3. The molecule has 46 heavy (non-hydrogen) atoms. The minimum atomic E-state index is -1.11. The topological polar surface area (TPSA) is 80.3 Å². The van der Waals surface area contributed by atoms with Crippen molar-refractivity contribution in [2.24, 2.45) is 0 Å². The van der Waals surface area contributed by atoms with E-state index >= 15 is 0 Å². The maximum absolute atomic E-state index is 10.4. The summed E-state index contributed by atoms with van der Waals surface area (Å²) in [5.41, 5.74) is 1.41. The van der Waals surface area contributed by atoms with Crippen molar-refractivity contribution in [3.8, 4) is 0 Å². The van der Waals surface area contributed by atoms with Gasteiger partial charge in [0.15, 0.2) is 0 Å². The molecule has 0 spiro atoms. The molecule has 0 fully saturated rings. The van der Waals surface area contributed by atoms with Crippen molar-refractivity contribution in [2.45, 2.75) is 201 Å². The van der Waals surface area contributed by atoms with Crippen LogP contribution in [-0.4, -0.2) is 35.8 Å².